The lowest BCUT2D eigenvalue weighted by Crippen LogP contribution is -2.14. The van der Waals surface area contributed by atoms with E-state index in [1.807, 2.05) is 23.6 Å². The number of fused-ring (bicyclic) bond motifs is 3. The Morgan fingerprint density at radius 2 is 2.06 bits per heavy atom. The topological polar surface area (TPSA) is 55.8 Å². The van der Waals surface area contributed by atoms with E-state index in [0.717, 1.165) is 24.2 Å². The molecule has 1 N–H and O–H groups in total. The highest BCUT2D eigenvalue weighted by atomic mass is 15.2. The number of nitriles is 1. The fourth-order valence-electron chi connectivity index (χ4n) is 3.04. The van der Waals surface area contributed by atoms with E-state index in [0.29, 0.717) is 11.4 Å². The zero-order chi connectivity index (χ0) is 12.9. The highest BCUT2D eigenvalue weighted by molar-refractivity contribution is 6.13. The highest BCUT2D eigenvalue weighted by Crippen LogP contribution is 2.36. The second-order valence-corrected chi connectivity index (χ2v) is 5.12. The average molecular weight is 240 g/mol. The van der Waals surface area contributed by atoms with Crippen molar-refractivity contribution < 1.29 is 0 Å². The van der Waals surface area contributed by atoms with Gasteiger partial charge in [-0.15, -0.1) is 0 Å². The summed E-state index contributed by atoms with van der Waals surface area (Å²) in [5, 5.41) is 17.5. The molecule has 0 atom stereocenters. The number of aromatic nitrogens is 1. The van der Waals surface area contributed by atoms with E-state index in [4.69, 9.17) is 5.41 Å². The van der Waals surface area contributed by atoms with Gasteiger partial charge in [-0.3, -0.25) is 9.98 Å². The summed E-state index contributed by atoms with van der Waals surface area (Å²) in [6.45, 7) is 0. The van der Waals surface area contributed by atoms with Gasteiger partial charge in [0.05, 0.1) is 11.4 Å². The lowest BCUT2D eigenvalue weighted by Gasteiger charge is -2.14. The number of rotatable bonds is 1. The van der Waals surface area contributed by atoms with Gasteiger partial charge in [-0.05, 0) is 37.3 Å². The fraction of sp³-hybridized carbons (Fsp3) is 0.429. The molecular formula is C14H16N4. The molecule has 4 nitrogen and oxygen atoms in total. The second-order valence-electron chi connectivity index (χ2n) is 5.12. The van der Waals surface area contributed by atoms with Crippen molar-refractivity contribution >= 4 is 11.5 Å². The van der Waals surface area contributed by atoms with Crippen LogP contribution in [0.5, 0.6) is 0 Å². The van der Waals surface area contributed by atoms with Gasteiger partial charge in [0, 0.05) is 19.8 Å². The number of nitrogens with zero attached hydrogens (tertiary/aromatic N) is 3. The van der Waals surface area contributed by atoms with E-state index in [1.54, 1.807) is 0 Å². The largest absolute Gasteiger partial charge is 0.375 e. The maximum absolute atomic E-state index is 9.26. The van der Waals surface area contributed by atoms with E-state index >= 15 is 0 Å². The molecule has 1 aliphatic heterocycles. The monoisotopic (exact) mass is 240 g/mol. The van der Waals surface area contributed by atoms with Crippen LogP contribution in [-0.4, -0.2) is 29.4 Å². The van der Waals surface area contributed by atoms with Gasteiger partial charge in [0.1, 0.15) is 17.5 Å². The van der Waals surface area contributed by atoms with Gasteiger partial charge < -0.3 is 4.90 Å². The van der Waals surface area contributed by atoms with E-state index < -0.39 is 0 Å². The van der Waals surface area contributed by atoms with Gasteiger partial charge in [0.15, 0.2) is 0 Å². The summed E-state index contributed by atoms with van der Waals surface area (Å²) in [5.41, 5.74) is 5.00. The third-order valence-corrected chi connectivity index (χ3v) is 3.80. The SMILES string of the molecule is CN(C)C1=C(C#N)C(=N)n2c1cc1c2CCCC1. The van der Waals surface area contributed by atoms with Crippen LogP contribution in [0.2, 0.25) is 0 Å². The molecule has 0 unspecified atom stereocenters. The molecule has 1 aromatic heterocycles. The van der Waals surface area contributed by atoms with Crippen molar-refractivity contribution in [3.63, 3.8) is 0 Å². The molecule has 0 spiro atoms. The normalized spacial score (nSPS) is 17.5. The zero-order valence-electron chi connectivity index (χ0n) is 10.7. The van der Waals surface area contributed by atoms with Gasteiger partial charge in [-0.25, -0.2) is 0 Å². The Kier molecular flexibility index (Phi) is 2.30. The Morgan fingerprint density at radius 3 is 2.72 bits per heavy atom. The molecule has 1 aliphatic carbocycles. The summed E-state index contributed by atoms with van der Waals surface area (Å²) in [4.78, 5) is 1.94. The van der Waals surface area contributed by atoms with Crippen molar-refractivity contribution in [2.45, 2.75) is 25.7 Å². The molecule has 0 saturated carbocycles. The average Bonchev–Trinajstić information content (AvgIpc) is 2.84. The molecule has 0 aromatic carbocycles. The van der Waals surface area contributed by atoms with Crippen molar-refractivity contribution in [3.8, 4) is 6.07 Å². The van der Waals surface area contributed by atoms with Crippen molar-refractivity contribution in [3.05, 3.63) is 28.6 Å². The fourth-order valence-corrected chi connectivity index (χ4v) is 3.04. The maximum Gasteiger partial charge on any atom is 0.150 e. The van der Waals surface area contributed by atoms with Crippen molar-refractivity contribution in [2.24, 2.45) is 0 Å². The molecule has 0 saturated heterocycles. The lowest BCUT2D eigenvalue weighted by molar-refractivity contribution is 0.589. The lowest BCUT2D eigenvalue weighted by atomic mass is 9.97. The highest BCUT2D eigenvalue weighted by Gasteiger charge is 2.32. The minimum atomic E-state index is 0.347. The zero-order valence-corrected chi connectivity index (χ0v) is 10.7. The summed E-state index contributed by atoms with van der Waals surface area (Å²) < 4.78 is 1.97. The Labute approximate surface area is 107 Å². The summed E-state index contributed by atoms with van der Waals surface area (Å²) in [6, 6.07) is 4.35. The van der Waals surface area contributed by atoms with E-state index in [9.17, 15) is 5.26 Å². The molecule has 0 amide bonds. The summed E-state index contributed by atoms with van der Waals surface area (Å²) in [7, 11) is 3.86. The number of hydrogen-bond donors (Lipinski definition) is 1. The Bertz CT molecular complexity index is 610. The molecule has 0 radical (unpaired) electrons. The van der Waals surface area contributed by atoms with E-state index in [2.05, 4.69) is 12.1 Å². The van der Waals surface area contributed by atoms with Gasteiger partial charge in [0.25, 0.3) is 0 Å². The van der Waals surface area contributed by atoms with Crippen LogP contribution < -0.4 is 0 Å². The van der Waals surface area contributed by atoms with E-state index in [-0.39, 0.29) is 0 Å². The van der Waals surface area contributed by atoms with Crippen LogP contribution in [0.3, 0.4) is 0 Å². The molecule has 3 rings (SSSR count). The predicted molar refractivity (Wildman–Crippen MR) is 70.4 cm³/mol. The van der Waals surface area contributed by atoms with Crippen LogP contribution in [0, 0.1) is 16.7 Å². The summed E-state index contributed by atoms with van der Waals surface area (Å²) >= 11 is 0. The first-order valence-electron chi connectivity index (χ1n) is 6.30. The molecule has 18 heavy (non-hydrogen) atoms. The third-order valence-electron chi connectivity index (χ3n) is 3.80. The maximum atomic E-state index is 9.26. The first kappa shape index (κ1) is 11.1. The standard InChI is InChI=1S/C14H16N4/c1-17(2)13-10(8-15)14(16)18-11-6-4-3-5-9(11)7-12(13)18/h7,16H,3-6H2,1-2H3. The Morgan fingerprint density at radius 1 is 1.33 bits per heavy atom. The van der Waals surface area contributed by atoms with Crippen molar-refractivity contribution in [2.75, 3.05) is 14.1 Å². The molecular weight excluding hydrogens is 224 g/mol. The van der Waals surface area contributed by atoms with Gasteiger partial charge in [-0.2, -0.15) is 5.26 Å². The minimum absolute atomic E-state index is 0.347. The van der Waals surface area contributed by atoms with Crippen LogP contribution in [0.1, 0.15) is 29.8 Å². The molecule has 92 valence electrons. The van der Waals surface area contributed by atoms with Crippen LogP contribution >= 0.6 is 0 Å². The number of aryl methyl sites for hydroxylation is 1. The number of allylic oxidation sites excluding steroid dienone is 1. The molecule has 2 heterocycles. The van der Waals surface area contributed by atoms with Crippen LogP contribution in [0.4, 0.5) is 0 Å². The van der Waals surface area contributed by atoms with Crippen LogP contribution in [0.25, 0.3) is 5.70 Å². The molecule has 4 heteroatoms. The molecule has 2 aliphatic rings. The van der Waals surface area contributed by atoms with Gasteiger partial charge >= 0.3 is 0 Å². The molecule has 0 fully saturated rings. The molecule has 1 aromatic rings. The van der Waals surface area contributed by atoms with E-state index in [1.165, 1.54) is 24.1 Å². The minimum Gasteiger partial charge on any atom is -0.375 e. The number of nitrogens with one attached hydrogen (secondary N) is 1. The van der Waals surface area contributed by atoms with Crippen LogP contribution in [-0.2, 0) is 12.8 Å². The Balaban J connectivity index is 2.25. The first-order chi connectivity index (χ1) is 8.65. The quantitative estimate of drug-likeness (QED) is 0.816. The van der Waals surface area contributed by atoms with Crippen LogP contribution in [0.15, 0.2) is 11.6 Å². The molecule has 0 bridgehead atoms. The predicted octanol–water partition coefficient (Wildman–Crippen LogP) is 2.00. The first-order valence-corrected chi connectivity index (χ1v) is 6.30. The summed E-state index contributed by atoms with van der Waals surface area (Å²) in [6.07, 6.45) is 4.54. The smallest absolute Gasteiger partial charge is 0.150 e. The van der Waals surface area contributed by atoms with Crippen molar-refractivity contribution in [1.29, 1.82) is 10.7 Å². The second kappa shape index (κ2) is 3.74. The Hall–Kier alpha value is -2.02. The van der Waals surface area contributed by atoms with Gasteiger partial charge in [-0.1, -0.05) is 0 Å². The summed E-state index contributed by atoms with van der Waals surface area (Å²) in [5.74, 6) is 0.347. The third kappa shape index (κ3) is 1.28. The number of hydrogen-bond acceptors (Lipinski definition) is 3. The van der Waals surface area contributed by atoms with Crippen molar-refractivity contribution in [1.82, 2.24) is 9.47 Å². The van der Waals surface area contributed by atoms with Gasteiger partial charge in [0.2, 0.25) is 0 Å².